The van der Waals surface area contributed by atoms with E-state index in [0.717, 1.165) is 11.3 Å². The molecule has 1 radical (unpaired) electrons. The van der Waals surface area contributed by atoms with Gasteiger partial charge < -0.3 is 9.84 Å². The fourth-order valence-electron chi connectivity index (χ4n) is 0.832. The van der Waals surface area contributed by atoms with Crippen molar-refractivity contribution in [1.29, 1.82) is 0 Å². The molecule has 1 aromatic rings. The molecule has 0 unspecified atom stereocenters. The van der Waals surface area contributed by atoms with Gasteiger partial charge >= 0.3 is 0 Å². The van der Waals surface area contributed by atoms with Crippen LogP contribution >= 0.6 is 0 Å². The van der Waals surface area contributed by atoms with E-state index in [9.17, 15) is 0 Å². The molecule has 0 spiro atoms. The summed E-state index contributed by atoms with van der Waals surface area (Å²) in [5.74, 6) is 0.801. The molecular weight excluding hydrogens is 140 g/mol. The first-order valence-corrected chi connectivity index (χ1v) is 3.41. The molecule has 0 aliphatic rings. The second-order valence-electron chi connectivity index (χ2n) is 2.31. The SMILES string of the molecule is COc1ccc([C](C)O)cc1. The molecular formula is C9H11O2. The summed E-state index contributed by atoms with van der Waals surface area (Å²) in [7, 11) is 1.62. The van der Waals surface area contributed by atoms with Crippen LogP contribution in [0, 0.1) is 6.10 Å². The highest BCUT2D eigenvalue weighted by Crippen LogP contribution is 2.15. The predicted molar refractivity (Wildman–Crippen MR) is 42.9 cm³/mol. The van der Waals surface area contributed by atoms with Crippen molar-refractivity contribution in [2.75, 3.05) is 7.11 Å². The maximum absolute atomic E-state index is 9.06. The van der Waals surface area contributed by atoms with Gasteiger partial charge in [-0.15, -0.1) is 0 Å². The van der Waals surface area contributed by atoms with Crippen LogP contribution in [0.15, 0.2) is 24.3 Å². The summed E-state index contributed by atoms with van der Waals surface area (Å²) in [4.78, 5) is 0. The fraction of sp³-hybridized carbons (Fsp3) is 0.222. The normalized spacial score (nSPS) is 10.2. The molecule has 1 aromatic carbocycles. The summed E-state index contributed by atoms with van der Waals surface area (Å²) < 4.78 is 4.96. The third kappa shape index (κ3) is 1.95. The van der Waals surface area contributed by atoms with E-state index in [0.29, 0.717) is 6.10 Å². The predicted octanol–water partition coefficient (Wildman–Crippen LogP) is 1.97. The fourth-order valence-corrected chi connectivity index (χ4v) is 0.832. The molecule has 0 bridgehead atoms. The van der Waals surface area contributed by atoms with Gasteiger partial charge in [-0.2, -0.15) is 0 Å². The minimum absolute atomic E-state index is 0.327. The largest absolute Gasteiger partial charge is 0.497 e. The molecule has 0 aromatic heterocycles. The highest BCUT2D eigenvalue weighted by molar-refractivity contribution is 5.32. The zero-order valence-electron chi connectivity index (χ0n) is 6.66. The van der Waals surface area contributed by atoms with Crippen LogP contribution in [0.5, 0.6) is 5.75 Å². The molecule has 11 heavy (non-hydrogen) atoms. The van der Waals surface area contributed by atoms with Gasteiger partial charge in [0.25, 0.3) is 0 Å². The second kappa shape index (κ2) is 3.39. The Morgan fingerprint density at radius 2 is 1.82 bits per heavy atom. The van der Waals surface area contributed by atoms with Crippen LogP contribution in [0.25, 0.3) is 0 Å². The minimum Gasteiger partial charge on any atom is -0.497 e. The number of benzene rings is 1. The van der Waals surface area contributed by atoms with E-state index in [1.54, 1.807) is 14.0 Å². The zero-order chi connectivity index (χ0) is 8.27. The first-order valence-electron chi connectivity index (χ1n) is 3.41. The molecule has 0 saturated heterocycles. The highest BCUT2D eigenvalue weighted by atomic mass is 16.5. The Labute approximate surface area is 66.4 Å². The van der Waals surface area contributed by atoms with E-state index in [1.165, 1.54) is 0 Å². The van der Waals surface area contributed by atoms with Crippen LogP contribution in [-0.2, 0) is 0 Å². The lowest BCUT2D eigenvalue weighted by molar-refractivity contribution is 0.340. The summed E-state index contributed by atoms with van der Waals surface area (Å²) >= 11 is 0. The molecule has 0 atom stereocenters. The molecule has 1 N–H and O–H groups in total. The summed E-state index contributed by atoms with van der Waals surface area (Å²) in [6.45, 7) is 1.65. The van der Waals surface area contributed by atoms with E-state index in [-0.39, 0.29) is 0 Å². The summed E-state index contributed by atoms with van der Waals surface area (Å²) in [5.41, 5.74) is 0.825. The number of hydrogen-bond acceptors (Lipinski definition) is 2. The van der Waals surface area contributed by atoms with Crippen LogP contribution in [0.4, 0.5) is 0 Å². The number of methoxy groups -OCH3 is 1. The summed E-state index contributed by atoms with van der Waals surface area (Å²) in [5, 5.41) is 9.06. The van der Waals surface area contributed by atoms with Crippen LogP contribution < -0.4 is 4.74 Å². The van der Waals surface area contributed by atoms with Gasteiger partial charge in [0.15, 0.2) is 0 Å². The van der Waals surface area contributed by atoms with Gasteiger partial charge in [-0.3, -0.25) is 0 Å². The Hall–Kier alpha value is -1.02. The van der Waals surface area contributed by atoms with Crippen LogP contribution in [-0.4, -0.2) is 12.2 Å². The van der Waals surface area contributed by atoms with Crippen molar-refractivity contribution in [2.45, 2.75) is 6.92 Å². The Morgan fingerprint density at radius 1 is 1.27 bits per heavy atom. The Bertz CT molecular complexity index is 214. The van der Waals surface area contributed by atoms with Gasteiger partial charge in [0.05, 0.1) is 7.11 Å². The van der Waals surface area contributed by atoms with Crippen LogP contribution in [0.2, 0.25) is 0 Å². The van der Waals surface area contributed by atoms with Crippen molar-refractivity contribution in [3.63, 3.8) is 0 Å². The van der Waals surface area contributed by atoms with E-state index in [2.05, 4.69) is 0 Å². The van der Waals surface area contributed by atoms with Gasteiger partial charge in [0.2, 0.25) is 0 Å². The van der Waals surface area contributed by atoms with Crippen molar-refractivity contribution in [1.82, 2.24) is 0 Å². The minimum atomic E-state index is 0.327. The first kappa shape index (κ1) is 8.08. The molecule has 0 heterocycles. The standard InChI is InChI=1S/C9H11O2/c1-7(10)8-3-5-9(11-2)6-4-8/h3-6,10H,1-2H3. The van der Waals surface area contributed by atoms with Gasteiger partial charge in [-0.1, -0.05) is 12.1 Å². The van der Waals surface area contributed by atoms with Gasteiger partial charge in [-0.25, -0.2) is 0 Å². The first-order chi connectivity index (χ1) is 5.24. The summed E-state index contributed by atoms with van der Waals surface area (Å²) in [6, 6.07) is 7.26. The number of hydrogen-bond donors (Lipinski definition) is 1. The second-order valence-corrected chi connectivity index (χ2v) is 2.31. The van der Waals surface area contributed by atoms with Crippen LogP contribution in [0.1, 0.15) is 12.5 Å². The number of rotatable bonds is 2. The van der Waals surface area contributed by atoms with Gasteiger partial charge in [-0.05, 0) is 24.6 Å². The van der Waals surface area contributed by atoms with E-state index in [1.807, 2.05) is 24.3 Å². The Kier molecular flexibility index (Phi) is 2.49. The van der Waals surface area contributed by atoms with E-state index >= 15 is 0 Å². The molecule has 0 aliphatic carbocycles. The molecule has 59 valence electrons. The number of aliphatic hydroxyl groups excluding tert-OH is 1. The van der Waals surface area contributed by atoms with Crippen LogP contribution in [0.3, 0.4) is 0 Å². The van der Waals surface area contributed by atoms with E-state index in [4.69, 9.17) is 9.84 Å². The molecule has 0 amide bonds. The van der Waals surface area contributed by atoms with Gasteiger partial charge in [0.1, 0.15) is 11.9 Å². The van der Waals surface area contributed by atoms with Crippen molar-refractivity contribution in [3.8, 4) is 5.75 Å². The highest BCUT2D eigenvalue weighted by Gasteiger charge is 2.00. The van der Waals surface area contributed by atoms with Crippen molar-refractivity contribution in [2.24, 2.45) is 0 Å². The van der Waals surface area contributed by atoms with Crippen molar-refractivity contribution < 1.29 is 9.84 Å². The molecule has 1 rings (SSSR count). The molecule has 2 heteroatoms. The van der Waals surface area contributed by atoms with Crippen molar-refractivity contribution >= 4 is 0 Å². The van der Waals surface area contributed by atoms with E-state index < -0.39 is 0 Å². The topological polar surface area (TPSA) is 29.5 Å². The maximum atomic E-state index is 9.06. The molecule has 2 nitrogen and oxygen atoms in total. The number of ether oxygens (including phenoxy) is 1. The monoisotopic (exact) mass is 151 g/mol. The smallest absolute Gasteiger partial charge is 0.119 e. The summed E-state index contributed by atoms with van der Waals surface area (Å²) in [6.07, 6.45) is 0.327. The number of aliphatic hydroxyl groups is 1. The molecule has 0 aliphatic heterocycles. The molecule has 0 fully saturated rings. The van der Waals surface area contributed by atoms with Gasteiger partial charge in [0, 0.05) is 0 Å². The zero-order valence-corrected chi connectivity index (χ0v) is 6.66. The lowest BCUT2D eigenvalue weighted by Gasteiger charge is -2.03. The Morgan fingerprint density at radius 3 is 2.18 bits per heavy atom. The average Bonchev–Trinajstić information content (AvgIpc) is 2.05. The lowest BCUT2D eigenvalue weighted by Crippen LogP contribution is -1.91. The third-order valence-corrected chi connectivity index (χ3v) is 1.51. The average molecular weight is 151 g/mol. The van der Waals surface area contributed by atoms with Crippen molar-refractivity contribution in [3.05, 3.63) is 35.9 Å². The Balaban J connectivity index is 2.83. The molecule has 0 saturated carbocycles. The quantitative estimate of drug-likeness (QED) is 0.700. The third-order valence-electron chi connectivity index (χ3n) is 1.51. The lowest BCUT2D eigenvalue weighted by atomic mass is 10.1. The maximum Gasteiger partial charge on any atom is 0.119 e.